The predicted molar refractivity (Wildman–Crippen MR) is 214 cm³/mol. The van der Waals surface area contributed by atoms with E-state index in [0.29, 0.717) is 17.8 Å². The van der Waals surface area contributed by atoms with Crippen molar-refractivity contribution in [3.63, 3.8) is 0 Å². The minimum absolute atomic E-state index is 0.0449. The Morgan fingerprint density at radius 2 is 1.48 bits per heavy atom. The quantitative estimate of drug-likeness (QED) is 0.133. The number of sulfonamides is 1. The van der Waals surface area contributed by atoms with Gasteiger partial charge in [0.05, 0.1) is 38.6 Å². The molecule has 2 N–H and O–H groups in total. The molecule has 1 aromatic heterocycles. The van der Waals surface area contributed by atoms with E-state index in [1.54, 1.807) is 38.6 Å². The van der Waals surface area contributed by atoms with Crippen LogP contribution in [0.3, 0.4) is 0 Å². The lowest BCUT2D eigenvalue weighted by Gasteiger charge is -2.45. The molecule has 0 bridgehead atoms. The molecular weight excluding hydrogens is 727 g/mol. The van der Waals surface area contributed by atoms with Crippen LogP contribution < -0.4 is 14.2 Å². The third-order valence-electron chi connectivity index (χ3n) is 10.8. The number of hydrogen-bond donors (Lipinski definition) is 2. The van der Waals surface area contributed by atoms with E-state index >= 15 is 0 Å². The average molecular weight is 772 g/mol. The number of para-hydroxylation sites is 1. The van der Waals surface area contributed by atoms with E-state index in [0.717, 1.165) is 58.5 Å². The number of fused-ring (bicyclic) bond motifs is 2. The van der Waals surface area contributed by atoms with Crippen LogP contribution in [-0.4, -0.2) is 56.8 Å². The molecule has 8 rings (SSSR count). The molecule has 56 heavy (non-hydrogen) atoms. The molecule has 6 aromatic rings. The molecule has 0 spiro atoms. The summed E-state index contributed by atoms with van der Waals surface area (Å²) in [6.07, 6.45) is 1.14. The molecular formula is C45H45N3O7S. The number of benzene rings is 5. The van der Waals surface area contributed by atoms with E-state index in [4.69, 9.17) is 18.9 Å². The van der Waals surface area contributed by atoms with Gasteiger partial charge in [0.25, 0.3) is 0 Å². The van der Waals surface area contributed by atoms with Gasteiger partial charge < -0.3 is 24.1 Å². The third kappa shape index (κ3) is 7.92. The van der Waals surface area contributed by atoms with Gasteiger partial charge in [0.15, 0.2) is 17.8 Å². The monoisotopic (exact) mass is 771 g/mol. The third-order valence-corrected chi connectivity index (χ3v) is 12.2. The largest absolute Gasteiger partial charge is 0.493 e. The van der Waals surface area contributed by atoms with Crippen LogP contribution in [0.2, 0.25) is 0 Å². The van der Waals surface area contributed by atoms with Crippen LogP contribution in [-0.2, 0) is 45.6 Å². The maximum absolute atomic E-state index is 13.4. The summed E-state index contributed by atoms with van der Waals surface area (Å²) in [4.78, 5) is 6.90. The van der Waals surface area contributed by atoms with Crippen LogP contribution in [0.15, 0.2) is 132 Å². The highest BCUT2D eigenvalue weighted by molar-refractivity contribution is 7.89. The Labute approximate surface area is 327 Å². The van der Waals surface area contributed by atoms with Gasteiger partial charge in [-0.25, -0.2) is 13.1 Å². The summed E-state index contributed by atoms with van der Waals surface area (Å²) in [5, 5.41) is 10.6. The topological polar surface area (TPSA) is 119 Å². The van der Waals surface area contributed by atoms with Crippen molar-refractivity contribution in [3.8, 4) is 11.5 Å². The van der Waals surface area contributed by atoms with Crippen LogP contribution in [0.25, 0.3) is 10.9 Å². The summed E-state index contributed by atoms with van der Waals surface area (Å²) >= 11 is 0. The summed E-state index contributed by atoms with van der Waals surface area (Å²) < 4.78 is 54.7. The van der Waals surface area contributed by atoms with Crippen molar-refractivity contribution in [2.45, 2.75) is 55.4 Å². The SMILES string of the molecule is COc1cc2c(cc1OC)CN(C[C@H]1OC(c3ccc(CNS(=O)(=O)c4cccc5cccnc45)cc3)O[C@@H](c3ccc(CO)cc3)[C@@H]1c1ccccc1)CC2. The normalized spacial score (nSPS) is 20.1. The summed E-state index contributed by atoms with van der Waals surface area (Å²) in [5.74, 6) is 1.31. The molecule has 2 aliphatic heterocycles. The molecule has 0 aliphatic carbocycles. The molecule has 0 saturated carbocycles. The van der Waals surface area contributed by atoms with Gasteiger partial charge in [-0.15, -0.1) is 0 Å². The number of pyridine rings is 1. The summed E-state index contributed by atoms with van der Waals surface area (Å²) in [6, 6.07) is 38.9. The maximum atomic E-state index is 13.4. The fourth-order valence-electron chi connectivity index (χ4n) is 7.86. The van der Waals surface area contributed by atoms with Crippen molar-refractivity contribution >= 4 is 20.9 Å². The van der Waals surface area contributed by atoms with E-state index in [1.165, 1.54) is 11.1 Å². The number of aliphatic hydroxyl groups is 1. The highest BCUT2D eigenvalue weighted by atomic mass is 32.2. The van der Waals surface area contributed by atoms with Crippen molar-refractivity contribution < 1.29 is 32.5 Å². The number of rotatable bonds is 12. The van der Waals surface area contributed by atoms with Crippen LogP contribution >= 0.6 is 0 Å². The number of ether oxygens (including phenoxy) is 4. The molecule has 11 heteroatoms. The lowest BCUT2D eigenvalue weighted by Crippen LogP contribution is -2.45. The standard InChI is InChI=1S/C45H45N3O7S/c1-52-38-24-36-21-23-48(27-37(36)25-39(38)53-2)28-40-42(32-8-4-3-5-9-32)44(34-17-15-31(29-49)16-18-34)55-45(54-40)35-19-13-30(14-20-35)26-47-56(50,51)41-12-6-10-33-11-7-22-46-43(33)41/h3-20,22,24-25,40,42,44-45,47,49H,21,23,26-29H2,1-2H3/t40-,42-,44+,45?/m1/s1. The molecule has 1 fully saturated rings. The first-order chi connectivity index (χ1) is 27.3. The number of aromatic nitrogens is 1. The Morgan fingerprint density at radius 3 is 2.21 bits per heavy atom. The van der Waals surface area contributed by atoms with Gasteiger partial charge in [0.1, 0.15) is 4.90 Å². The van der Waals surface area contributed by atoms with E-state index in [9.17, 15) is 13.5 Å². The summed E-state index contributed by atoms with van der Waals surface area (Å²) in [6.45, 7) is 2.30. The fourth-order valence-corrected chi connectivity index (χ4v) is 9.05. The van der Waals surface area contributed by atoms with E-state index in [2.05, 4.69) is 38.9 Å². The zero-order valence-electron chi connectivity index (χ0n) is 31.4. The molecule has 0 radical (unpaired) electrons. The van der Waals surface area contributed by atoms with Gasteiger partial charge in [0, 0.05) is 49.2 Å². The molecule has 10 nitrogen and oxygen atoms in total. The predicted octanol–water partition coefficient (Wildman–Crippen LogP) is 7.22. The Bertz CT molecular complexity index is 2390. The lowest BCUT2D eigenvalue weighted by atomic mass is 9.82. The van der Waals surface area contributed by atoms with Crippen LogP contribution in [0.5, 0.6) is 11.5 Å². The molecule has 5 aromatic carbocycles. The second-order valence-electron chi connectivity index (χ2n) is 14.3. The molecule has 1 saturated heterocycles. The molecule has 4 atom stereocenters. The second kappa shape index (κ2) is 16.5. The molecule has 2 aliphatic rings. The fraction of sp³-hybridized carbons (Fsp3) is 0.267. The first-order valence-electron chi connectivity index (χ1n) is 18.8. The Morgan fingerprint density at radius 1 is 0.786 bits per heavy atom. The lowest BCUT2D eigenvalue weighted by molar-refractivity contribution is -0.263. The minimum atomic E-state index is -3.83. The minimum Gasteiger partial charge on any atom is -0.493 e. The number of methoxy groups -OCH3 is 2. The Kier molecular flexibility index (Phi) is 11.1. The zero-order chi connectivity index (χ0) is 38.6. The number of nitrogens with zero attached hydrogens (tertiary/aromatic N) is 2. The Hall–Kier alpha value is -5.14. The van der Waals surface area contributed by atoms with Gasteiger partial charge in [0.2, 0.25) is 10.0 Å². The molecule has 3 heterocycles. The van der Waals surface area contributed by atoms with Gasteiger partial charge >= 0.3 is 0 Å². The highest BCUT2D eigenvalue weighted by Crippen LogP contribution is 2.47. The van der Waals surface area contributed by atoms with Gasteiger partial charge in [-0.3, -0.25) is 9.88 Å². The number of hydrogen-bond acceptors (Lipinski definition) is 9. The van der Waals surface area contributed by atoms with Crippen molar-refractivity contribution in [1.29, 1.82) is 0 Å². The van der Waals surface area contributed by atoms with Crippen molar-refractivity contribution in [2.24, 2.45) is 0 Å². The van der Waals surface area contributed by atoms with Crippen molar-refractivity contribution in [1.82, 2.24) is 14.6 Å². The molecule has 0 amide bonds. The Balaban J connectivity index is 1.07. The summed E-state index contributed by atoms with van der Waals surface area (Å²) in [7, 11) is -0.511. The van der Waals surface area contributed by atoms with E-state index in [-0.39, 0.29) is 36.2 Å². The van der Waals surface area contributed by atoms with Crippen LogP contribution in [0.4, 0.5) is 0 Å². The van der Waals surface area contributed by atoms with Crippen LogP contribution in [0.1, 0.15) is 57.3 Å². The van der Waals surface area contributed by atoms with Crippen molar-refractivity contribution in [2.75, 3.05) is 27.3 Å². The van der Waals surface area contributed by atoms with E-state index in [1.807, 2.05) is 78.9 Å². The van der Waals surface area contributed by atoms with Crippen molar-refractivity contribution in [3.05, 3.63) is 166 Å². The van der Waals surface area contributed by atoms with Gasteiger partial charge in [-0.05, 0) is 64.1 Å². The molecule has 1 unspecified atom stereocenters. The molecule has 288 valence electrons. The van der Waals surface area contributed by atoms with Gasteiger partial charge in [-0.2, -0.15) is 0 Å². The smallest absolute Gasteiger partial charge is 0.243 e. The van der Waals surface area contributed by atoms with E-state index < -0.39 is 16.3 Å². The second-order valence-corrected chi connectivity index (χ2v) is 16.0. The average Bonchev–Trinajstić information content (AvgIpc) is 3.25. The maximum Gasteiger partial charge on any atom is 0.243 e. The first-order valence-corrected chi connectivity index (χ1v) is 20.3. The number of nitrogens with one attached hydrogen (secondary N) is 1. The van der Waals surface area contributed by atoms with Gasteiger partial charge in [-0.1, -0.05) is 97.1 Å². The number of aliphatic hydroxyl groups excluding tert-OH is 1. The zero-order valence-corrected chi connectivity index (χ0v) is 32.2. The summed E-state index contributed by atoms with van der Waals surface area (Å²) in [5.41, 5.74) is 7.42. The van der Waals surface area contributed by atoms with Crippen LogP contribution in [0, 0.1) is 0 Å². The first kappa shape index (κ1) is 37.8. The highest BCUT2D eigenvalue weighted by Gasteiger charge is 2.43.